The van der Waals surface area contributed by atoms with Crippen LogP contribution < -0.4 is 9.80 Å². The molecule has 1 atom stereocenters. The zero-order valence-corrected chi connectivity index (χ0v) is 18.9. The van der Waals surface area contributed by atoms with Crippen LogP contribution in [0, 0.1) is 6.92 Å². The normalized spacial score (nSPS) is 22.1. The van der Waals surface area contributed by atoms with E-state index in [9.17, 15) is 5.11 Å². The van der Waals surface area contributed by atoms with Crippen molar-refractivity contribution >= 4 is 22.4 Å². The molecule has 0 spiro atoms. The Hall–Kier alpha value is -2.66. The smallest absolute Gasteiger partial charge is 0.140 e. The van der Waals surface area contributed by atoms with Crippen LogP contribution in [0.5, 0.6) is 0 Å². The van der Waals surface area contributed by atoms with Gasteiger partial charge in [-0.05, 0) is 74.3 Å². The first-order valence-corrected chi connectivity index (χ1v) is 12.2. The molecule has 0 unspecified atom stereocenters. The summed E-state index contributed by atoms with van der Waals surface area (Å²) in [6, 6.07) is 15.4. The Balaban J connectivity index is 1.32. The number of fused-ring (bicyclic) bond motifs is 1. The maximum atomic E-state index is 10.0. The zero-order chi connectivity index (χ0) is 21.7. The van der Waals surface area contributed by atoms with Crippen LogP contribution in [0.2, 0.25) is 0 Å². The Morgan fingerprint density at radius 1 is 0.844 bits per heavy atom. The molecule has 166 valence electrons. The second kappa shape index (κ2) is 8.04. The number of piperidine rings is 1. The molecule has 2 saturated heterocycles. The summed E-state index contributed by atoms with van der Waals surface area (Å²) < 4.78 is 0. The fourth-order valence-corrected chi connectivity index (χ4v) is 5.50. The highest BCUT2D eigenvalue weighted by Gasteiger charge is 2.30. The lowest BCUT2D eigenvalue weighted by atomic mass is 9.87. The van der Waals surface area contributed by atoms with Crippen molar-refractivity contribution in [3.05, 3.63) is 59.4 Å². The van der Waals surface area contributed by atoms with Gasteiger partial charge in [0.1, 0.15) is 11.6 Å². The summed E-state index contributed by atoms with van der Waals surface area (Å²) in [6.07, 6.45) is 5.36. The SMILES string of the molecule is Cc1ccccc1C1CCN(c2nc(C3CC3)nc3ccc(N4CC[C@H](O)C4)cc23)CC1. The van der Waals surface area contributed by atoms with Crippen molar-refractivity contribution in [3.63, 3.8) is 0 Å². The topological polar surface area (TPSA) is 52.5 Å². The third-order valence-electron chi connectivity index (χ3n) is 7.57. The van der Waals surface area contributed by atoms with E-state index in [0.717, 1.165) is 61.4 Å². The number of aromatic nitrogens is 2. The van der Waals surface area contributed by atoms with Gasteiger partial charge in [-0.25, -0.2) is 9.97 Å². The van der Waals surface area contributed by atoms with Gasteiger partial charge in [-0.3, -0.25) is 0 Å². The van der Waals surface area contributed by atoms with Crippen molar-refractivity contribution in [2.75, 3.05) is 36.0 Å². The van der Waals surface area contributed by atoms with Gasteiger partial charge in [0, 0.05) is 43.2 Å². The third-order valence-corrected chi connectivity index (χ3v) is 7.57. The number of β-amino-alcohol motifs (C(OH)–C–C–N with tert-alkyl or cyclic N) is 1. The first-order chi connectivity index (χ1) is 15.7. The summed E-state index contributed by atoms with van der Waals surface area (Å²) >= 11 is 0. The summed E-state index contributed by atoms with van der Waals surface area (Å²) in [5, 5.41) is 11.2. The van der Waals surface area contributed by atoms with Crippen LogP contribution in [0.4, 0.5) is 11.5 Å². The lowest BCUT2D eigenvalue weighted by Gasteiger charge is -2.34. The van der Waals surface area contributed by atoms with Gasteiger partial charge in [0.2, 0.25) is 0 Å². The first kappa shape index (κ1) is 20.0. The number of anilines is 2. The van der Waals surface area contributed by atoms with Crippen LogP contribution in [0.1, 0.15) is 60.9 Å². The minimum atomic E-state index is -0.223. The average molecular weight is 429 g/mol. The Morgan fingerprint density at radius 3 is 2.34 bits per heavy atom. The molecule has 5 nitrogen and oxygen atoms in total. The van der Waals surface area contributed by atoms with E-state index in [4.69, 9.17) is 9.97 Å². The highest BCUT2D eigenvalue weighted by Crippen LogP contribution is 2.41. The van der Waals surface area contributed by atoms with Gasteiger partial charge in [-0.1, -0.05) is 24.3 Å². The highest BCUT2D eigenvalue weighted by molar-refractivity contribution is 5.92. The molecule has 0 amide bonds. The average Bonchev–Trinajstić information content (AvgIpc) is 3.59. The van der Waals surface area contributed by atoms with Gasteiger partial charge in [0.05, 0.1) is 11.6 Å². The molecule has 1 saturated carbocycles. The Labute approximate surface area is 190 Å². The Morgan fingerprint density at radius 2 is 1.62 bits per heavy atom. The minimum absolute atomic E-state index is 0.223. The fourth-order valence-electron chi connectivity index (χ4n) is 5.50. The molecule has 3 heterocycles. The van der Waals surface area contributed by atoms with Crippen molar-refractivity contribution < 1.29 is 5.11 Å². The number of aliphatic hydroxyl groups excluding tert-OH is 1. The van der Waals surface area contributed by atoms with Crippen molar-refractivity contribution in [3.8, 4) is 0 Å². The summed E-state index contributed by atoms with van der Waals surface area (Å²) in [5.74, 6) is 3.31. The monoisotopic (exact) mass is 428 g/mol. The molecule has 6 rings (SSSR count). The maximum Gasteiger partial charge on any atom is 0.140 e. The van der Waals surface area contributed by atoms with E-state index in [1.165, 1.54) is 29.7 Å². The first-order valence-electron chi connectivity index (χ1n) is 12.2. The van der Waals surface area contributed by atoms with E-state index in [0.29, 0.717) is 18.4 Å². The van der Waals surface area contributed by atoms with Crippen molar-refractivity contribution in [2.24, 2.45) is 0 Å². The molecule has 0 bridgehead atoms. The molecule has 2 aromatic carbocycles. The molecule has 3 aliphatic rings. The number of aryl methyl sites for hydroxylation is 1. The van der Waals surface area contributed by atoms with Crippen LogP contribution in [0.15, 0.2) is 42.5 Å². The van der Waals surface area contributed by atoms with E-state index in [2.05, 4.69) is 59.2 Å². The van der Waals surface area contributed by atoms with Gasteiger partial charge in [-0.15, -0.1) is 0 Å². The van der Waals surface area contributed by atoms with Crippen LogP contribution in [0.3, 0.4) is 0 Å². The fraction of sp³-hybridized carbons (Fsp3) is 0.481. The van der Waals surface area contributed by atoms with Gasteiger partial charge >= 0.3 is 0 Å². The zero-order valence-electron chi connectivity index (χ0n) is 18.9. The van der Waals surface area contributed by atoms with Gasteiger partial charge in [0.15, 0.2) is 0 Å². The van der Waals surface area contributed by atoms with Gasteiger partial charge < -0.3 is 14.9 Å². The van der Waals surface area contributed by atoms with Crippen LogP contribution in [-0.2, 0) is 0 Å². The quantitative estimate of drug-likeness (QED) is 0.649. The van der Waals surface area contributed by atoms with E-state index < -0.39 is 0 Å². The molecule has 1 N–H and O–H groups in total. The standard InChI is InChI=1S/C27H32N4O/c1-18-4-2-3-5-23(18)19-10-13-30(14-11-19)27-24-16-21(31-15-12-22(32)17-31)8-9-25(24)28-26(29-27)20-6-7-20/h2-5,8-9,16,19-20,22,32H,6-7,10-15,17H2,1H3/t22-/m0/s1. The molecular weight excluding hydrogens is 396 g/mol. The molecule has 2 aliphatic heterocycles. The van der Waals surface area contributed by atoms with Crippen molar-refractivity contribution in [1.29, 1.82) is 0 Å². The number of nitrogens with zero attached hydrogens (tertiary/aromatic N) is 4. The molecule has 5 heteroatoms. The van der Waals surface area contributed by atoms with E-state index >= 15 is 0 Å². The van der Waals surface area contributed by atoms with Crippen molar-refractivity contribution in [2.45, 2.75) is 57.0 Å². The molecule has 32 heavy (non-hydrogen) atoms. The predicted molar refractivity (Wildman–Crippen MR) is 130 cm³/mol. The maximum absolute atomic E-state index is 10.0. The van der Waals surface area contributed by atoms with E-state index in [1.807, 2.05) is 0 Å². The van der Waals surface area contributed by atoms with Crippen LogP contribution in [0.25, 0.3) is 10.9 Å². The number of hydrogen-bond acceptors (Lipinski definition) is 5. The Kier molecular flexibility index (Phi) is 5.02. The lowest BCUT2D eigenvalue weighted by molar-refractivity contribution is 0.198. The molecular formula is C27H32N4O. The summed E-state index contributed by atoms with van der Waals surface area (Å²) in [4.78, 5) is 14.9. The third kappa shape index (κ3) is 3.73. The van der Waals surface area contributed by atoms with Crippen LogP contribution >= 0.6 is 0 Å². The summed E-state index contributed by atoms with van der Waals surface area (Å²) in [7, 11) is 0. The minimum Gasteiger partial charge on any atom is -0.391 e. The number of aliphatic hydroxyl groups is 1. The second-order valence-electron chi connectivity index (χ2n) is 9.89. The molecule has 3 fully saturated rings. The number of rotatable bonds is 4. The van der Waals surface area contributed by atoms with Gasteiger partial charge in [0.25, 0.3) is 0 Å². The van der Waals surface area contributed by atoms with E-state index in [-0.39, 0.29) is 6.10 Å². The number of hydrogen-bond donors (Lipinski definition) is 1. The molecule has 1 aromatic heterocycles. The van der Waals surface area contributed by atoms with Crippen LogP contribution in [-0.4, -0.2) is 47.4 Å². The highest BCUT2D eigenvalue weighted by atomic mass is 16.3. The van der Waals surface area contributed by atoms with Crippen molar-refractivity contribution in [1.82, 2.24) is 9.97 Å². The molecule has 1 aliphatic carbocycles. The predicted octanol–water partition coefficient (Wildman–Crippen LogP) is 4.77. The second-order valence-corrected chi connectivity index (χ2v) is 9.89. The van der Waals surface area contributed by atoms with Gasteiger partial charge in [-0.2, -0.15) is 0 Å². The molecule has 3 aromatic rings. The Bertz CT molecular complexity index is 1130. The largest absolute Gasteiger partial charge is 0.391 e. The lowest BCUT2D eigenvalue weighted by Crippen LogP contribution is -2.34. The number of benzene rings is 2. The summed E-state index contributed by atoms with van der Waals surface area (Å²) in [6.45, 7) is 5.91. The molecule has 0 radical (unpaired) electrons. The summed E-state index contributed by atoms with van der Waals surface area (Å²) in [5.41, 5.74) is 5.15. The van der Waals surface area contributed by atoms with E-state index in [1.54, 1.807) is 0 Å².